The molecule has 0 spiro atoms. The summed E-state index contributed by atoms with van der Waals surface area (Å²) in [5.74, 6) is -0.516. The van der Waals surface area contributed by atoms with E-state index in [9.17, 15) is 9.59 Å². The van der Waals surface area contributed by atoms with Gasteiger partial charge in [0.2, 0.25) is 0 Å². The van der Waals surface area contributed by atoms with Gasteiger partial charge in [-0.1, -0.05) is 29.8 Å². The van der Waals surface area contributed by atoms with Crippen molar-refractivity contribution in [3.63, 3.8) is 0 Å². The number of benzene rings is 1. The van der Waals surface area contributed by atoms with Gasteiger partial charge in [0.25, 0.3) is 0 Å². The second-order valence-electron chi connectivity index (χ2n) is 5.65. The Balaban J connectivity index is 2.19. The first-order valence-electron chi connectivity index (χ1n) is 7.71. The van der Waals surface area contributed by atoms with Crippen LogP contribution in [0, 0.1) is 0 Å². The molecule has 7 heteroatoms. The van der Waals surface area contributed by atoms with Crippen LogP contribution in [0.25, 0.3) is 0 Å². The fourth-order valence-electron chi connectivity index (χ4n) is 2.40. The van der Waals surface area contributed by atoms with E-state index in [0.29, 0.717) is 28.5 Å². The van der Waals surface area contributed by atoms with Crippen LogP contribution in [0.4, 0.5) is 4.79 Å². The zero-order valence-electron chi connectivity index (χ0n) is 13.9. The number of carbonyl (C=O) groups is 2. The molecule has 0 radical (unpaired) electrons. The SMILES string of the molecule is CC1=C(C(=O)OCCOC(C)C)[C@@H](c2ccccc2Cl)NC(=O)N1. The maximum atomic E-state index is 12.5. The molecule has 0 bridgehead atoms. The van der Waals surface area contributed by atoms with Crippen LogP contribution in [-0.2, 0) is 14.3 Å². The molecule has 24 heavy (non-hydrogen) atoms. The first-order valence-corrected chi connectivity index (χ1v) is 8.09. The van der Waals surface area contributed by atoms with Crippen molar-refractivity contribution in [2.24, 2.45) is 0 Å². The first kappa shape index (κ1) is 18.3. The van der Waals surface area contributed by atoms with Crippen LogP contribution in [0.3, 0.4) is 0 Å². The van der Waals surface area contributed by atoms with Gasteiger partial charge < -0.3 is 20.1 Å². The van der Waals surface area contributed by atoms with Crippen LogP contribution >= 0.6 is 11.6 Å². The maximum Gasteiger partial charge on any atom is 0.338 e. The minimum absolute atomic E-state index is 0.0659. The molecular weight excluding hydrogens is 332 g/mol. The number of nitrogens with one attached hydrogen (secondary N) is 2. The second-order valence-corrected chi connectivity index (χ2v) is 6.05. The average Bonchev–Trinajstić information content (AvgIpc) is 2.51. The van der Waals surface area contributed by atoms with Crippen molar-refractivity contribution in [3.05, 3.63) is 46.1 Å². The van der Waals surface area contributed by atoms with E-state index in [0.717, 1.165) is 0 Å². The lowest BCUT2D eigenvalue weighted by molar-refractivity contribution is -0.141. The van der Waals surface area contributed by atoms with Gasteiger partial charge in [-0.3, -0.25) is 0 Å². The van der Waals surface area contributed by atoms with Crippen molar-refractivity contribution in [2.45, 2.75) is 32.9 Å². The van der Waals surface area contributed by atoms with Crippen molar-refractivity contribution in [2.75, 3.05) is 13.2 Å². The summed E-state index contributed by atoms with van der Waals surface area (Å²) in [5.41, 5.74) is 1.41. The highest BCUT2D eigenvalue weighted by atomic mass is 35.5. The number of rotatable bonds is 6. The van der Waals surface area contributed by atoms with Crippen molar-refractivity contribution >= 4 is 23.6 Å². The lowest BCUT2D eigenvalue weighted by Gasteiger charge is -2.28. The van der Waals surface area contributed by atoms with E-state index >= 15 is 0 Å². The van der Waals surface area contributed by atoms with Crippen molar-refractivity contribution in [1.82, 2.24) is 10.6 Å². The predicted molar refractivity (Wildman–Crippen MR) is 90.6 cm³/mol. The van der Waals surface area contributed by atoms with Gasteiger partial charge in [0, 0.05) is 10.7 Å². The highest BCUT2D eigenvalue weighted by molar-refractivity contribution is 6.31. The number of esters is 1. The van der Waals surface area contributed by atoms with Crippen LogP contribution in [0.2, 0.25) is 5.02 Å². The van der Waals surface area contributed by atoms with E-state index < -0.39 is 18.0 Å². The maximum absolute atomic E-state index is 12.5. The Morgan fingerprint density at radius 3 is 2.67 bits per heavy atom. The van der Waals surface area contributed by atoms with E-state index in [-0.39, 0.29) is 12.7 Å². The monoisotopic (exact) mass is 352 g/mol. The number of allylic oxidation sites excluding steroid dienone is 1. The van der Waals surface area contributed by atoms with Crippen molar-refractivity contribution < 1.29 is 19.1 Å². The van der Waals surface area contributed by atoms with Gasteiger partial charge in [0.05, 0.1) is 24.3 Å². The Labute approximate surface area is 146 Å². The largest absolute Gasteiger partial charge is 0.460 e. The van der Waals surface area contributed by atoms with Gasteiger partial charge in [-0.25, -0.2) is 9.59 Å². The highest BCUT2D eigenvalue weighted by Crippen LogP contribution is 2.31. The molecule has 1 aromatic rings. The summed E-state index contributed by atoms with van der Waals surface area (Å²) >= 11 is 6.22. The number of halogens is 1. The molecule has 1 atom stereocenters. The Morgan fingerprint density at radius 1 is 1.29 bits per heavy atom. The van der Waals surface area contributed by atoms with Crippen molar-refractivity contribution in [1.29, 1.82) is 0 Å². The van der Waals surface area contributed by atoms with Gasteiger partial charge in [-0.2, -0.15) is 0 Å². The highest BCUT2D eigenvalue weighted by Gasteiger charge is 2.33. The standard InChI is InChI=1S/C17H21ClN2O4/c1-10(2)23-8-9-24-16(21)14-11(3)19-17(22)20-15(14)12-6-4-5-7-13(12)18/h4-7,10,15H,8-9H2,1-3H3,(H2,19,20,22)/t15-/m1/s1. The number of urea groups is 1. The molecular formula is C17H21ClN2O4. The number of carbonyl (C=O) groups excluding carboxylic acids is 2. The molecule has 1 aromatic carbocycles. The van der Waals surface area contributed by atoms with Crippen LogP contribution in [0.1, 0.15) is 32.4 Å². The lowest BCUT2D eigenvalue weighted by atomic mass is 9.95. The summed E-state index contributed by atoms with van der Waals surface area (Å²) in [7, 11) is 0. The van der Waals surface area contributed by atoms with E-state index in [4.69, 9.17) is 21.1 Å². The third kappa shape index (κ3) is 4.49. The summed E-state index contributed by atoms with van der Waals surface area (Å²) < 4.78 is 10.6. The fourth-order valence-corrected chi connectivity index (χ4v) is 2.65. The van der Waals surface area contributed by atoms with Gasteiger partial charge >= 0.3 is 12.0 Å². The van der Waals surface area contributed by atoms with Crippen LogP contribution in [0.5, 0.6) is 0 Å². The minimum Gasteiger partial charge on any atom is -0.460 e. The Morgan fingerprint density at radius 2 is 2.00 bits per heavy atom. The van der Waals surface area contributed by atoms with Gasteiger partial charge in [0.15, 0.2) is 0 Å². The van der Waals surface area contributed by atoms with E-state index in [1.165, 1.54) is 0 Å². The summed E-state index contributed by atoms with van der Waals surface area (Å²) in [5, 5.41) is 5.78. The minimum atomic E-state index is -0.661. The molecule has 0 saturated carbocycles. The molecule has 0 aromatic heterocycles. The molecule has 0 aliphatic carbocycles. The van der Waals surface area contributed by atoms with E-state index in [1.807, 2.05) is 13.8 Å². The van der Waals surface area contributed by atoms with Crippen LogP contribution < -0.4 is 10.6 Å². The molecule has 2 N–H and O–H groups in total. The zero-order chi connectivity index (χ0) is 17.7. The predicted octanol–water partition coefficient (Wildman–Crippen LogP) is 2.94. The quantitative estimate of drug-likeness (QED) is 0.609. The van der Waals surface area contributed by atoms with Crippen LogP contribution in [-0.4, -0.2) is 31.3 Å². The summed E-state index contributed by atoms with van der Waals surface area (Å²) in [6.07, 6.45) is 0.0659. The number of ether oxygens (including phenoxy) is 2. The van der Waals surface area contributed by atoms with Crippen molar-refractivity contribution in [3.8, 4) is 0 Å². The third-order valence-electron chi connectivity index (χ3n) is 3.47. The Bertz CT molecular complexity index is 658. The number of hydrogen-bond acceptors (Lipinski definition) is 4. The number of amides is 2. The second kappa shape index (κ2) is 8.17. The van der Waals surface area contributed by atoms with Crippen LogP contribution in [0.15, 0.2) is 35.5 Å². The normalized spacial score (nSPS) is 17.5. The van der Waals surface area contributed by atoms with Gasteiger partial charge in [-0.05, 0) is 32.4 Å². The molecule has 6 nitrogen and oxygen atoms in total. The molecule has 1 heterocycles. The molecule has 2 amide bonds. The van der Waals surface area contributed by atoms with Gasteiger partial charge in [0.1, 0.15) is 6.61 Å². The summed E-state index contributed by atoms with van der Waals surface area (Å²) in [6.45, 7) is 5.91. The molecule has 0 fully saturated rings. The zero-order valence-corrected chi connectivity index (χ0v) is 14.6. The number of hydrogen-bond donors (Lipinski definition) is 2. The fraction of sp³-hybridized carbons (Fsp3) is 0.412. The summed E-state index contributed by atoms with van der Waals surface area (Å²) in [6, 6.07) is 6.00. The first-order chi connectivity index (χ1) is 11.4. The van der Waals surface area contributed by atoms with E-state index in [2.05, 4.69) is 10.6 Å². The molecule has 0 unspecified atom stereocenters. The summed E-state index contributed by atoms with van der Waals surface area (Å²) in [4.78, 5) is 24.3. The smallest absolute Gasteiger partial charge is 0.338 e. The van der Waals surface area contributed by atoms with Gasteiger partial charge in [-0.15, -0.1) is 0 Å². The topological polar surface area (TPSA) is 76.7 Å². The molecule has 0 saturated heterocycles. The lowest BCUT2D eigenvalue weighted by Crippen LogP contribution is -2.45. The average molecular weight is 353 g/mol. The third-order valence-corrected chi connectivity index (χ3v) is 3.82. The Kier molecular flexibility index (Phi) is 6.23. The molecule has 130 valence electrons. The molecule has 1 aliphatic heterocycles. The molecule has 1 aliphatic rings. The van der Waals surface area contributed by atoms with E-state index in [1.54, 1.807) is 31.2 Å². The molecule has 2 rings (SSSR count). The Hall–Kier alpha value is -2.05.